The third-order valence-electron chi connectivity index (χ3n) is 3.69. The van der Waals surface area contributed by atoms with Gasteiger partial charge in [-0.1, -0.05) is 0 Å². The number of carbonyl (C=O) groups is 1. The van der Waals surface area contributed by atoms with Gasteiger partial charge in [-0.2, -0.15) is 0 Å². The van der Waals surface area contributed by atoms with Crippen LogP contribution in [0.25, 0.3) is 0 Å². The molecule has 0 unspecified atom stereocenters. The Morgan fingerprint density at radius 2 is 2.36 bits per heavy atom. The molecule has 116 valence electrons. The van der Waals surface area contributed by atoms with Crippen LogP contribution in [-0.4, -0.2) is 29.2 Å². The number of fused-ring (bicyclic) bond motifs is 1. The molecule has 0 saturated heterocycles. The van der Waals surface area contributed by atoms with E-state index in [0.29, 0.717) is 22.7 Å². The van der Waals surface area contributed by atoms with Gasteiger partial charge in [0.05, 0.1) is 19.2 Å². The van der Waals surface area contributed by atoms with E-state index in [2.05, 4.69) is 15.0 Å². The zero-order valence-electron chi connectivity index (χ0n) is 12.5. The second-order valence-electron chi connectivity index (χ2n) is 5.25. The van der Waals surface area contributed by atoms with Crippen LogP contribution in [0.3, 0.4) is 0 Å². The highest BCUT2D eigenvalue weighted by atomic mass is 16.5. The Hall–Kier alpha value is -2.57. The lowest BCUT2D eigenvalue weighted by atomic mass is 10.1. The van der Waals surface area contributed by atoms with E-state index in [1.807, 2.05) is 0 Å². The lowest BCUT2D eigenvalue weighted by Gasteiger charge is -2.17. The molecule has 0 saturated carbocycles. The topological polar surface area (TPSA) is 86.4 Å². The van der Waals surface area contributed by atoms with Gasteiger partial charge < -0.3 is 14.5 Å². The molecule has 0 spiro atoms. The van der Waals surface area contributed by atoms with E-state index in [9.17, 15) is 9.59 Å². The van der Waals surface area contributed by atoms with Crippen LogP contribution < -0.4 is 10.9 Å². The summed E-state index contributed by atoms with van der Waals surface area (Å²) in [5.74, 6) is 0.825. The Balaban J connectivity index is 1.91. The minimum Gasteiger partial charge on any atom is -0.463 e. The molecular formula is C15H17N3O4. The summed E-state index contributed by atoms with van der Waals surface area (Å²) >= 11 is 0. The Bertz CT molecular complexity index is 776. The van der Waals surface area contributed by atoms with E-state index in [0.717, 1.165) is 19.4 Å². The largest absolute Gasteiger partial charge is 0.463 e. The minimum atomic E-state index is -0.524. The molecule has 0 fully saturated rings. The highest BCUT2D eigenvalue weighted by Gasteiger charge is 2.18. The normalized spacial score (nSPS) is 13.4. The third kappa shape index (κ3) is 2.49. The van der Waals surface area contributed by atoms with Gasteiger partial charge >= 0.3 is 5.97 Å². The predicted octanol–water partition coefficient (Wildman–Crippen LogP) is 1.34. The molecular weight excluding hydrogens is 286 g/mol. The number of methoxy groups -OCH3 is 1. The van der Waals surface area contributed by atoms with Crippen LogP contribution in [0.1, 0.15) is 33.9 Å². The highest BCUT2D eigenvalue weighted by molar-refractivity contribution is 5.87. The van der Waals surface area contributed by atoms with Gasteiger partial charge in [0.25, 0.3) is 5.56 Å². The number of ether oxygens (including phenoxy) is 1. The molecule has 2 aromatic rings. The first-order valence-electron chi connectivity index (χ1n) is 7.10. The number of nitrogens with one attached hydrogen (secondary N) is 1. The maximum absolute atomic E-state index is 12.4. The van der Waals surface area contributed by atoms with E-state index in [4.69, 9.17) is 4.42 Å². The molecule has 22 heavy (non-hydrogen) atoms. The summed E-state index contributed by atoms with van der Waals surface area (Å²) in [5, 5.41) is 3.12. The molecule has 0 amide bonds. The van der Waals surface area contributed by atoms with Crippen LogP contribution in [0.15, 0.2) is 21.6 Å². The van der Waals surface area contributed by atoms with Crippen LogP contribution in [0.4, 0.5) is 5.82 Å². The smallest absolute Gasteiger partial charge is 0.374 e. The lowest BCUT2D eigenvalue weighted by Crippen LogP contribution is -2.29. The van der Waals surface area contributed by atoms with Crippen LogP contribution in [0.2, 0.25) is 0 Å². The van der Waals surface area contributed by atoms with E-state index in [1.54, 1.807) is 13.0 Å². The Kier molecular flexibility index (Phi) is 3.70. The van der Waals surface area contributed by atoms with Crippen LogP contribution >= 0.6 is 0 Å². The molecule has 3 rings (SSSR count). The van der Waals surface area contributed by atoms with Crippen molar-refractivity contribution in [3.63, 3.8) is 0 Å². The highest BCUT2D eigenvalue weighted by Crippen LogP contribution is 2.18. The number of carbonyl (C=O) groups excluding carboxylic acids is 1. The number of hydrogen-bond donors (Lipinski definition) is 1. The van der Waals surface area contributed by atoms with Gasteiger partial charge in [0, 0.05) is 12.1 Å². The maximum atomic E-state index is 12.4. The summed E-state index contributed by atoms with van der Waals surface area (Å²) in [4.78, 5) is 28.3. The molecule has 0 aromatic carbocycles. The molecule has 1 aliphatic rings. The quantitative estimate of drug-likeness (QED) is 0.861. The van der Waals surface area contributed by atoms with Crippen molar-refractivity contribution in [1.82, 2.24) is 9.55 Å². The lowest BCUT2D eigenvalue weighted by molar-refractivity contribution is 0.0561. The van der Waals surface area contributed by atoms with Crippen LogP contribution in [-0.2, 0) is 17.7 Å². The van der Waals surface area contributed by atoms with Gasteiger partial charge in [-0.25, -0.2) is 9.78 Å². The van der Waals surface area contributed by atoms with Crippen molar-refractivity contribution in [2.75, 3.05) is 19.0 Å². The monoisotopic (exact) mass is 303 g/mol. The average molecular weight is 303 g/mol. The molecule has 0 bridgehead atoms. The molecule has 1 aliphatic heterocycles. The van der Waals surface area contributed by atoms with Crippen molar-refractivity contribution in [3.8, 4) is 0 Å². The molecule has 0 radical (unpaired) electrons. The van der Waals surface area contributed by atoms with E-state index in [-0.39, 0.29) is 17.9 Å². The van der Waals surface area contributed by atoms with Crippen molar-refractivity contribution in [3.05, 3.63) is 45.4 Å². The first-order valence-corrected chi connectivity index (χ1v) is 7.10. The zero-order valence-corrected chi connectivity index (χ0v) is 12.5. The van der Waals surface area contributed by atoms with Gasteiger partial charge in [0.2, 0.25) is 5.76 Å². The van der Waals surface area contributed by atoms with Crippen LogP contribution in [0.5, 0.6) is 0 Å². The second kappa shape index (κ2) is 5.67. The number of hydrogen-bond acceptors (Lipinski definition) is 6. The average Bonchev–Trinajstić information content (AvgIpc) is 2.90. The first kappa shape index (κ1) is 14.4. The summed E-state index contributed by atoms with van der Waals surface area (Å²) in [6.45, 7) is 2.83. The molecule has 0 aliphatic carbocycles. The molecule has 0 atom stereocenters. The van der Waals surface area contributed by atoms with Gasteiger partial charge in [-0.3, -0.25) is 9.36 Å². The van der Waals surface area contributed by atoms with E-state index >= 15 is 0 Å². The molecule has 1 N–H and O–H groups in total. The Labute approximate surface area is 126 Å². The van der Waals surface area contributed by atoms with Gasteiger partial charge in [-0.05, 0) is 25.8 Å². The standard InChI is InChI=1S/C15H17N3O4/c1-9-6-10(22-12(9)15(20)21-2)7-18-8-17-13-11(14(18)19)4-3-5-16-13/h6,8,16H,3-5,7H2,1-2H3. The number of furan rings is 1. The summed E-state index contributed by atoms with van der Waals surface area (Å²) < 4.78 is 11.6. The maximum Gasteiger partial charge on any atom is 0.374 e. The Morgan fingerprint density at radius 3 is 3.14 bits per heavy atom. The number of esters is 1. The number of aromatic nitrogens is 2. The number of nitrogens with zero attached hydrogens (tertiary/aromatic N) is 2. The minimum absolute atomic E-state index is 0.0779. The van der Waals surface area contributed by atoms with Gasteiger partial charge in [-0.15, -0.1) is 0 Å². The van der Waals surface area contributed by atoms with Crippen molar-refractivity contribution in [2.45, 2.75) is 26.3 Å². The number of anilines is 1. The fourth-order valence-electron chi connectivity index (χ4n) is 2.58. The molecule has 2 aromatic heterocycles. The zero-order chi connectivity index (χ0) is 15.7. The number of rotatable bonds is 3. The molecule has 7 heteroatoms. The van der Waals surface area contributed by atoms with E-state index < -0.39 is 5.97 Å². The van der Waals surface area contributed by atoms with Gasteiger partial charge in [0.15, 0.2) is 0 Å². The fourth-order valence-corrected chi connectivity index (χ4v) is 2.58. The van der Waals surface area contributed by atoms with Crippen molar-refractivity contribution < 1.29 is 13.9 Å². The van der Waals surface area contributed by atoms with Gasteiger partial charge in [0.1, 0.15) is 17.9 Å². The second-order valence-corrected chi connectivity index (χ2v) is 5.25. The van der Waals surface area contributed by atoms with E-state index in [1.165, 1.54) is 18.0 Å². The number of aryl methyl sites for hydroxylation is 1. The molecule has 7 nitrogen and oxygen atoms in total. The third-order valence-corrected chi connectivity index (χ3v) is 3.69. The summed E-state index contributed by atoms with van der Waals surface area (Å²) in [6, 6.07) is 1.73. The summed E-state index contributed by atoms with van der Waals surface area (Å²) in [7, 11) is 1.30. The SMILES string of the molecule is COC(=O)c1oc(Cn2cnc3c(c2=O)CCCN3)cc1C. The fraction of sp³-hybridized carbons (Fsp3) is 0.400. The van der Waals surface area contributed by atoms with Crippen molar-refractivity contribution in [1.29, 1.82) is 0 Å². The molecule has 3 heterocycles. The predicted molar refractivity (Wildman–Crippen MR) is 79.2 cm³/mol. The Morgan fingerprint density at radius 1 is 1.55 bits per heavy atom. The first-order chi connectivity index (χ1) is 10.6. The van der Waals surface area contributed by atoms with Crippen molar-refractivity contribution in [2.24, 2.45) is 0 Å². The van der Waals surface area contributed by atoms with Crippen molar-refractivity contribution >= 4 is 11.8 Å². The van der Waals surface area contributed by atoms with Crippen LogP contribution in [0, 0.1) is 6.92 Å². The summed E-state index contributed by atoms with van der Waals surface area (Å²) in [5.41, 5.74) is 1.30. The summed E-state index contributed by atoms with van der Waals surface area (Å²) in [6.07, 6.45) is 3.13.